The second kappa shape index (κ2) is 7.56. The third kappa shape index (κ3) is 4.48. The molecule has 9 heteroatoms. The van der Waals surface area contributed by atoms with E-state index < -0.39 is 16.1 Å². The number of nitrogens with one attached hydrogen (secondary N) is 1. The van der Waals surface area contributed by atoms with Crippen molar-refractivity contribution in [2.75, 3.05) is 19.3 Å². The summed E-state index contributed by atoms with van der Waals surface area (Å²) in [5, 5.41) is 14.9. The molecule has 0 saturated heterocycles. The lowest BCUT2D eigenvalue weighted by Gasteiger charge is -2.27. The van der Waals surface area contributed by atoms with Crippen LogP contribution in [-0.4, -0.2) is 53.5 Å². The summed E-state index contributed by atoms with van der Waals surface area (Å²) in [6.45, 7) is 1.53. The summed E-state index contributed by atoms with van der Waals surface area (Å²) in [5.41, 5.74) is 2.17. The highest BCUT2D eigenvalue weighted by Crippen LogP contribution is 2.23. The molecule has 2 aromatic rings. The number of sulfonamides is 1. The monoisotopic (exact) mass is 378 g/mol. The molecule has 1 amide bonds. The van der Waals surface area contributed by atoms with Crippen LogP contribution in [0.25, 0.3) is 0 Å². The van der Waals surface area contributed by atoms with Crippen molar-refractivity contribution in [3.63, 3.8) is 0 Å². The van der Waals surface area contributed by atoms with Gasteiger partial charge in [-0.05, 0) is 11.6 Å². The minimum absolute atomic E-state index is 0.0887. The van der Waals surface area contributed by atoms with Crippen LogP contribution in [0.4, 0.5) is 0 Å². The lowest BCUT2D eigenvalue weighted by atomic mass is 10.1. The van der Waals surface area contributed by atoms with E-state index in [-0.39, 0.29) is 18.9 Å². The lowest BCUT2D eigenvalue weighted by Crippen LogP contribution is -2.39. The van der Waals surface area contributed by atoms with Gasteiger partial charge in [0.25, 0.3) is 0 Å². The van der Waals surface area contributed by atoms with Gasteiger partial charge in [0.1, 0.15) is 6.10 Å². The lowest BCUT2D eigenvalue weighted by molar-refractivity contribution is -0.132. The van der Waals surface area contributed by atoms with Crippen LogP contribution in [0.3, 0.4) is 0 Å². The van der Waals surface area contributed by atoms with Crippen molar-refractivity contribution in [3.05, 3.63) is 53.3 Å². The van der Waals surface area contributed by atoms with Crippen LogP contribution in [-0.2, 0) is 27.9 Å². The van der Waals surface area contributed by atoms with Gasteiger partial charge in [0.15, 0.2) is 0 Å². The number of rotatable bonds is 6. The Bertz CT molecular complexity index is 879. The molecule has 0 bridgehead atoms. The molecule has 1 aromatic heterocycles. The van der Waals surface area contributed by atoms with Crippen molar-refractivity contribution in [2.45, 2.75) is 25.6 Å². The minimum atomic E-state index is -3.29. The zero-order valence-electron chi connectivity index (χ0n) is 14.5. The van der Waals surface area contributed by atoms with Crippen LogP contribution < -0.4 is 4.72 Å². The molecule has 0 saturated carbocycles. The average molecular weight is 378 g/mol. The SMILES string of the molecule is CS(=O)(=O)NCCC(=O)N1CCn2nc([C@@H](O)c3ccccc3)cc2C1. The second-order valence-corrected chi connectivity index (χ2v) is 8.16. The van der Waals surface area contributed by atoms with Crippen LogP contribution in [0.1, 0.15) is 29.5 Å². The molecular weight excluding hydrogens is 356 g/mol. The summed E-state index contributed by atoms with van der Waals surface area (Å²) in [6, 6.07) is 11.1. The van der Waals surface area contributed by atoms with Crippen molar-refractivity contribution < 1.29 is 18.3 Å². The first-order valence-electron chi connectivity index (χ1n) is 8.35. The Labute approximate surface area is 152 Å². The fraction of sp³-hybridized carbons (Fsp3) is 0.412. The van der Waals surface area contributed by atoms with Crippen molar-refractivity contribution in [2.24, 2.45) is 0 Å². The largest absolute Gasteiger partial charge is 0.382 e. The number of aromatic nitrogens is 2. The third-order valence-electron chi connectivity index (χ3n) is 4.27. The molecule has 0 aliphatic carbocycles. The second-order valence-electron chi connectivity index (χ2n) is 6.33. The van der Waals surface area contributed by atoms with E-state index in [1.807, 2.05) is 36.4 Å². The van der Waals surface area contributed by atoms with Crippen LogP contribution in [0.15, 0.2) is 36.4 Å². The maximum atomic E-state index is 12.3. The molecule has 26 heavy (non-hydrogen) atoms. The van der Waals surface area contributed by atoms with E-state index in [1.54, 1.807) is 9.58 Å². The Kier molecular flexibility index (Phi) is 5.40. The summed E-state index contributed by atoms with van der Waals surface area (Å²) >= 11 is 0. The predicted molar refractivity (Wildman–Crippen MR) is 95.6 cm³/mol. The molecule has 2 heterocycles. The Hall–Kier alpha value is -2.23. The van der Waals surface area contributed by atoms with Gasteiger partial charge in [0.2, 0.25) is 15.9 Å². The fourth-order valence-electron chi connectivity index (χ4n) is 2.94. The average Bonchev–Trinajstić information content (AvgIpc) is 3.03. The Morgan fingerprint density at radius 3 is 2.73 bits per heavy atom. The maximum absolute atomic E-state index is 12.3. The fourth-order valence-corrected chi connectivity index (χ4v) is 3.42. The van der Waals surface area contributed by atoms with Crippen LogP contribution in [0.5, 0.6) is 0 Å². The van der Waals surface area contributed by atoms with E-state index >= 15 is 0 Å². The first-order valence-corrected chi connectivity index (χ1v) is 10.2. The maximum Gasteiger partial charge on any atom is 0.224 e. The number of nitrogens with zero attached hydrogens (tertiary/aromatic N) is 3. The number of hydrogen-bond acceptors (Lipinski definition) is 5. The van der Waals surface area contributed by atoms with Crippen LogP contribution >= 0.6 is 0 Å². The number of carbonyl (C=O) groups excluding carboxylic acids is 1. The van der Waals surface area contributed by atoms with Crippen molar-refractivity contribution in [1.82, 2.24) is 19.4 Å². The molecule has 1 aliphatic rings. The first-order chi connectivity index (χ1) is 12.3. The zero-order valence-corrected chi connectivity index (χ0v) is 15.3. The highest BCUT2D eigenvalue weighted by Gasteiger charge is 2.24. The Balaban J connectivity index is 1.64. The number of hydrogen-bond donors (Lipinski definition) is 2. The highest BCUT2D eigenvalue weighted by atomic mass is 32.2. The smallest absolute Gasteiger partial charge is 0.224 e. The first kappa shape index (κ1) is 18.6. The molecular formula is C17H22N4O4S. The number of aliphatic hydroxyl groups excluding tert-OH is 1. The molecule has 2 N–H and O–H groups in total. The normalized spacial score (nSPS) is 15.5. The van der Waals surface area contributed by atoms with Gasteiger partial charge in [-0.15, -0.1) is 0 Å². The molecule has 0 radical (unpaired) electrons. The zero-order chi connectivity index (χ0) is 18.7. The molecule has 3 rings (SSSR count). The molecule has 8 nitrogen and oxygen atoms in total. The molecule has 0 unspecified atom stereocenters. The molecule has 0 fully saturated rings. The number of aliphatic hydroxyl groups is 1. The number of carbonyl (C=O) groups is 1. The van der Waals surface area contributed by atoms with Gasteiger partial charge < -0.3 is 10.0 Å². The van der Waals surface area contributed by atoms with E-state index in [0.717, 1.165) is 17.5 Å². The predicted octanol–water partition coefficient (Wildman–Crippen LogP) is 0.246. The third-order valence-corrected chi connectivity index (χ3v) is 5.00. The van der Waals surface area contributed by atoms with Gasteiger partial charge in [0, 0.05) is 19.5 Å². The van der Waals surface area contributed by atoms with E-state index in [1.165, 1.54) is 0 Å². The number of benzene rings is 1. The van der Waals surface area contributed by atoms with Gasteiger partial charge in [-0.1, -0.05) is 30.3 Å². The number of fused-ring (bicyclic) bond motifs is 1. The summed E-state index contributed by atoms with van der Waals surface area (Å²) < 4.78 is 26.3. The topological polar surface area (TPSA) is 105 Å². The summed E-state index contributed by atoms with van der Waals surface area (Å²) in [6.07, 6.45) is 0.370. The summed E-state index contributed by atoms with van der Waals surface area (Å²) in [7, 11) is -3.29. The van der Waals surface area contributed by atoms with Gasteiger partial charge >= 0.3 is 0 Å². The number of amides is 1. The molecule has 1 aliphatic heterocycles. The molecule has 0 spiro atoms. The van der Waals surface area contributed by atoms with Gasteiger partial charge in [0.05, 0.1) is 30.7 Å². The van der Waals surface area contributed by atoms with Crippen LogP contribution in [0, 0.1) is 0 Å². The summed E-state index contributed by atoms with van der Waals surface area (Å²) in [4.78, 5) is 13.9. The molecule has 1 aromatic carbocycles. The van der Waals surface area contributed by atoms with Gasteiger partial charge in [-0.25, -0.2) is 13.1 Å². The Morgan fingerprint density at radius 1 is 1.31 bits per heavy atom. The minimum Gasteiger partial charge on any atom is -0.382 e. The van der Waals surface area contributed by atoms with Crippen LogP contribution in [0.2, 0.25) is 0 Å². The van der Waals surface area contributed by atoms with Crippen molar-refractivity contribution >= 4 is 15.9 Å². The van der Waals surface area contributed by atoms with E-state index in [4.69, 9.17) is 0 Å². The highest BCUT2D eigenvalue weighted by molar-refractivity contribution is 7.88. The van der Waals surface area contributed by atoms with Gasteiger partial charge in [-0.2, -0.15) is 5.10 Å². The quantitative estimate of drug-likeness (QED) is 0.750. The van der Waals surface area contributed by atoms with Crippen molar-refractivity contribution in [3.8, 4) is 0 Å². The standard InChI is InChI=1S/C17H22N4O4S/c1-26(24,25)18-8-7-16(22)20-9-10-21-14(12-20)11-15(19-21)17(23)13-5-3-2-4-6-13/h2-6,11,17-18,23H,7-10,12H2,1H3/t17-/m0/s1. The van der Waals surface area contributed by atoms with E-state index in [0.29, 0.717) is 25.3 Å². The van der Waals surface area contributed by atoms with Crippen molar-refractivity contribution in [1.29, 1.82) is 0 Å². The Morgan fingerprint density at radius 2 is 2.04 bits per heavy atom. The molecule has 1 atom stereocenters. The van der Waals surface area contributed by atoms with Gasteiger partial charge in [-0.3, -0.25) is 9.48 Å². The summed E-state index contributed by atoms with van der Waals surface area (Å²) in [5.74, 6) is -0.112. The van der Waals surface area contributed by atoms with E-state index in [9.17, 15) is 18.3 Å². The van der Waals surface area contributed by atoms with E-state index in [2.05, 4.69) is 9.82 Å². The molecule has 140 valence electrons.